The second-order valence-electron chi connectivity index (χ2n) is 5.00. The number of nitrogens with zero attached hydrogens (tertiary/aromatic N) is 2. The molecular weight excluding hydrogens is 316 g/mol. The minimum absolute atomic E-state index is 0.204. The third-order valence-electron chi connectivity index (χ3n) is 3.39. The molecule has 2 rings (SSSR count). The minimum Gasteiger partial charge on any atom is -0.321 e. The van der Waals surface area contributed by atoms with Crippen LogP contribution in [0.1, 0.15) is 30.0 Å². The van der Waals surface area contributed by atoms with Crippen molar-refractivity contribution in [3.05, 3.63) is 41.7 Å². The second kappa shape index (κ2) is 6.93. The van der Waals surface area contributed by atoms with Crippen LogP contribution in [0, 0.1) is 6.92 Å². The van der Waals surface area contributed by atoms with Crippen LogP contribution in [-0.4, -0.2) is 41.9 Å². The van der Waals surface area contributed by atoms with E-state index < -0.39 is 10.0 Å². The molecule has 7 nitrogen and oxygen atoms in total. The van der Waals surface area contributed by atoms with Gasteiger partial charge in [-0.25, -0.2) is 8.42 Å². The van der Waals surface area contributed by atoms with Crippen LogP contribution >= 0.6 is 0 Å². The maximum atomic E-state index is 12.4. The number of amides is 1. The molecule has 2 aromatic rings. The number of rotatable bonds is 6. The zero-order chi connectivity index (χ0) is 17.0. The van der Waals surface area contributed by atoms with E-state index in [2.05, 4.69) is 15.5 Å². The molecule has 124 valence electrons. The van der Waals surface area contributed by atoms with Crippen LogP contribution in [0.25, 0.3) is 0 Å². The summed E-state index contributed by atoms with van der Waals surface area (Å²) < 4.78 is 26.1. The van der Waals surface area contributed by atoms with Gasteiger partial charge >= 0.3 is 0 Å². The SMILES string of the molecule is CCN(CC)S(=O)(=O)c1ccc(NC(=O)c2cc(C)[nH]n2)cc1. The van der Waals surface area contributed by atoms with Crippen LogP contribution in [0.3, 0.4) is 0 Å². The molecule has 0 spiro atoms. The zero-order valence-electron chi connectivity index (χ0n) is 13.3. The molecule has 0 aliphatic heterocycles. The molecule has 0 aliphatic carbocycles. The maximum Gasteiger partial charge on any atom is 0.276 e. The lowest BCUT2D eigenvalue weighted by molar-refractivity contribution is 0.102. The Hall–Kier alpha value is -2.19. The summed E-state index contributed by atoms with van der Waals surface area (Å²) in [6.07, 6.45) is 0. The predicted molar refractivity (Wildman–Crippen MR) is 87.8 cm³/mol. The number of sulfonamides is 1. The first-order valence-electron chi connectivity index (χ1n) is 7.32. The fourth-order valence-electron chi connectivity index (χ4n) is 2.15. The number of aromatic amines is 1. The van der Waals surface area contributed by atoms with E-state index in [4.69, 9.17) is 0 Å². The van der Waals surface area contributed by atoms with Gasteiger partial charge in [-0.05, 0) is 37.3 Å². The summed E-state index contributed by atoms with van der Waals surface area (Å²) in [5.41, 5.74) is 1.58. The predicted octanol–water partition coefficient (Wildman–Crippen LogP) is 2.00. The Morgan fingerprint density at radius 2 is 1.83 bits per heavy atom. The fraction of sp³-hybridized carbons (Fsp3) is 0.333. The van der Waals surface area contributed by atoms with Crippen molar-refractivity contribution >= 4 is 21.6 Å². The number of aromatic nitrogens is 2. The number of aryl methyl sites for hydroxylation is 1. The van der Waals surface area contributed by atoms with Crippen LogP contribution in [0.5, 0.6) is 0 Å². The first kappa shape index (κ1) is 17.2. The molecule has 1 aromatic heterocycles. The Morgan fingerprint density at radius 1 is 1.22 bits per heavy atom. The smallest absolute Gasteiger partial charge is 0.276 e. The van der Waals surface area contributed by atoms with E-state index in [1.807, 2.05) is 0 Å². The number of carbonyl (C=O) groups excluding carboxylic acids is 1. The zero-order valence-corrected chi connectivity index (χ0v) is 14.1. The van der Waals surface area contributed by atoms with Crippen LogP contribution in [-0.2, 0) is 10.0 Å². The second-order valence-corrected chi connectivity index (χ2v) is 6.94. The van der Waals surface area contributed by atoms with Gasteiger partial charge in [0.2, 0.25) is 10.0 Å². The number of hydrogen-bond donors (Lipinski definition) is 2. The van der Waals surface area contributed by atoms with E-state index >= 15 is 0 Å². The lowest BCUT2D eigenvalue weighted by Crippen LogP contribution is -2.30. The molecule has 1 amide bonds. The van der Waals surface area contributed by atoms with Crippen molar-refractivity contribution in [1.82, 2.24) is 14.5 Å². The number of carbonyl (C=O) groups is 1. The van der Waals surface area contributed by atoms with Gasteiger partial charge in [-0.3, -0.25) is 9.89 Å². The lowest BCUT2D eigenvalue weighted by atomic mass is 10.3. The van der Waals surface area contributed by atoms with Crippen molar-refractivity contribution in [1.29, 1.82) is 0 Å². The summed E-state index contributed by atoms with van der Waals surface area (Å²) in [6, 6.07) is 7.73. The fourth-order valence-corrected chi connectivity index (χ4v) is 3.61. The standard InChI is InChI=1S/C15H20N4O3S/c1-4-19(5-2)23(21,22)13-8-6-12(7-9-13)16-15(20)14-10-11(3)17-18-14/h6-10H,4-5H2,1-3H3,(H,16,20)(H,17,18). The lowest BCUT2D eigenvalue weighted by Gasteiger charge is -2.18. The van der Waals surface area contributed by atoms with Crippen LogP contribution in [0.15, 0.2) is 35.2 Å². The monoisotopic (exact) mass is 336 g/mol. The molecule has 1 aromatic carbocycles. The number of benzene rings is 1. The average Bonchev–Trinajstić information content (AvgIpc) is 2.95. The van der Waals surface area contributed by atoms with Crippen LogP contribution in [0.2, 0.25) is 0 Å². The van der Waals surface area contributed by atoms with Gasteiger partial charge in [0.25, 0.3) is 5.91 Å². The molecule has 0 radical (unpaired) electrons. The highest BCUT2D eigenvalue weighted by atomic mass is 32.2. The molecule has 0 saturated heterocycles. The van der Waals surface area contributed by atoms with E-state index in [-0.39, 0.29) is 16.5 Å². The summed E-state index contributed by atoms with van der Waals surface area (Å²) in [6.45, 7) is 6.21. The number of anilines is 1. The highest BCUT2D eigenvalue weighted by molar-refractivity contribution is 7.89. The molecular formula is C15H20N4O3S. The third-order valence-corrected chi connectivity index (χ3v) is 5.46. The van der Waals surface area contributed by atoms with Crippen molar-refractivity contribution < 1.29 is 13.2 Å². The van der Waals surface area contributed by atoms with E-state index in [1.165, 1.54) is 16.4 Å². The van der Waals surface area contributed by atoms with Crippen molar-refractivity contribution in [2.45, 2.75) is 25.7 Å². The summed E-state index contributed by atoms with van der Waals surface area (Å²) in [5.74, 6) is -0.353. The topological polar surface area (TPSA) is 95.2 Å². The first-order chi connectivity index (χ1) is 10.9. The molecule has 0 aliphatic rings. The van der Waals surface area contributed by atoms with Crippen molar-refractivity contribution in [3.8, 4) is 0 Å². The van der Waals surface area contributed by atoms with Crippen molar-refractivity contribution in [3.63, 3.8) is 0 Å². The van der Waals surface area contributed by atoms with Gasteiger partial charge in [0, 0.05) is 24.5 Å². The van der Waals surface area contributed by atoms with Crippen molar-refractivity contribution in [2.75, 3.05) is 18.4 Å². The number of nitrogens with one attached hydrogen (secondary N) is 2. The number of hydrogen-bond acceptors (Lipinski definition) is 4. The highest BCUT2D eigenvalue weighted by Crippen LogP contribution is 2.18. The molecule has 0 saturated carbocycles. The van der Waals surface area contributed by atoms with Gasteiger partial charge in [-0.15, -0.1) is 0 Å². The first-order valence-corrected chi connectivity index (χ1v) is 8.76. The number of H-pyrrole nitrogens is 1. The van der Waals surface area contributed by atoms with Gasteiger partial charge in [-0.2, -0.15) is 9.40 Å². The minimum atomic E-state index is -3.49. The summed E-state index contributed by atoms with van der Waals surface area (Å²) in [4.78, 5) is 12.2. The van der Waals surface area contributed by atoms with Crippen LogP contribution in [0.4, 0.5) is 5.69 Å². The van der Waals surface area contributed by atoms with Gasteiger partial charge in [0.05, 0.1) is 4.90 Å². The van der Waals surface area contributed by atoms with Gasteiger partial charge < -0.3 is 5.32 Å². The summed E-state index contributed by atoms with van der Waals surface area (Å²) in [7, 11) is -3.49. The molecule has 0 unspecified atom stereocenters. The van der Waals surface area contributed by atoms with Gasteiger partial charge in [0.15, 0.2) is 5.69 Å². The highest BCUT2D eigenvalue weighted by Gasteiger charge is 2.21. The molecule has 0 bridgehead atoms. The van der Waals surface area contributed by atoms with E-state index in [0.29, 0.717) is 18.8 Å². The normalized spacial score (nSPS) is 11.7. The Morgan fingerprint density at radius 3 is 2.30 bits per heavy atom. The van der Waals surface area contributed by atoms with Gasteiger partial charge in [-0.1, -0.05) is 13.8 Å². The third kappa shape index (κ3) is 3.77. The summed E-state index contributed by atoms with van der Waals surface area (Å²) in [5, 5.41) is 9.25. The quantitative estimate of drug-likeness (QED) is 0.843. The van der Waals surface area contributed by atoms with E-state index in [1.54, 1.807) is 39.0 Å². The Labute approximate surface area is 135 Å². The van der Waals surface area contributed by atoms with Gasteiger partial charge in [0.1, 0.15) is 0 Å². The molecule has 2 N–H and O–H groups in total. The Kier molecular flexibility index (Phi) is 5.17. The average molecular weight is 336 g/mol. The summed E-state index contributed by atoms with van der Waals surface area (Å²) >= 11 is 0. The molecule has 1 heterocycles. The van der Waals surface area contributed by atoms with Crippen molar-refractivity contribution in [2.24, 2.45) is 0 Å². The molecule has 8 heteroatoms. The largest absolute Gasteiger partial charge is 0.321 e. The molecule has 0 fully saturated rings. The molecule has 0 atom stereocenters. The molecule has 23 heavy (non-hydrogen) atoms. The maximum absolute atomic E-state index is 12.4. The van der Waals surface area contributed by atoms with E-state index in [9.17, 15) is 13.2 Å². The Bertz CT molecular complexity index is 777. The van der Waals surface area contributed by atoms with E-state index in [0.717, 1.165) is 5.69 Å². The van der Waals surface area contributed by atoms with Crippen LogP contribution < -0.4 is 5.32 Å². The Balaban J connectivity index is 2.15.